The normalized spacial score (nSPS) is 15.6. The third-order valence-electron chi connectivity index (χ3n) is 6.94. The van der Waals surface area contributed by atoms with Crippen molar-refractivity contribution >= 4 is 34.7 Å². The Labute approximate surface area is 239 Å². The van der Waals surface area contributed by atoms with Crippen LogP contribution in [0.25, 0.3) is 22.3 Å². The van der Waals surface area contributed by atoms with Crippen LogP contribution in [-0.2, 0) is 11.2 Å². The smallest absolute Gasteiger partial charge is 0.410 e. The van der Waals surface area contributed by atoms with E-state index in [1.54, 1.807) is 23.2 Å². The molecule has 0 spiro atoms. The van der Waals surface area contributed by atoms with Gasteiger partial charge in [-0.1, -0.05) is 25.5 Å². The molecule has 41 heavy (non-hydrogen) atoms. The van der Waals surface area contributed by atoms with Gasteiger partial charge in [0, 0.05) is 30.4 Å². The molecule has 11 nitrogen and oxygen atoms in total. The van der Waals surface area contributed by atoms with Crippen LogP contribution in [0.4, 0.5) is 16.4 Å². The number of hydrogen-bond donors (Lipinski definition) is 2. The highest BCUT2D eigenvalue weighted by molar-refractivity contribution is 6.04. The highest BCUT2D eigenvalue weighted by Gasteiger charge is 2.31. The number of aryl methyl sites for hydroxylation is 1. The predicted octanol–water partition coefficient (Wildman–Crippen LogP) is 5.25. The minimum Gasteiger partial charge on any atom is -0.444 e. The molecule has 11 heteroatoms. The number of nitrogen functional groups attached to an aromatic ring is 1. The first-order valence-electron chi connectivity index (χ1n) is 14.0. The zero-order valence-corrected chi connectivity index (χ0v) is 23.9. The van der Waals surface area contributed by atoms with Crippen molar-refractivity contribution in [3.8, 4) is 11.3 Å². The lowest BCUT2D eigenvalue weighted by molar-refractivity contribution is 0.0169. The van der Waals surface area contributed by atoms with Gasteiger partial charge < -0.3 is 20.7 Å². The Morgan fingerprint density at radius 1 is 1.12 bits per heavy atom. The molecule has 2 amide bonds. The Morgan fingerprint density at radius 3 is 2.63 bits per heavy atom. The van der Waals surface area contributed by atoms with Crippen molar-refractivity contribution in [1.29, 1.82) is 0 Å². The Morgan fingerprint density at radius 2 is 1.90 bits per heavy atom. The number of pyridine rings is 1. The van der Waals surface area contributed by atoms with Crippen LogP contribution in [0.15, 0.2) is 48.9 Å². The van der Waals surface area contributed by atoms with E-state index in [0.717, 1.165) is 36.8 Å². The van der Waals surface area contributed by atoms with Gasteiger partial charge in [-0.15, -0.1) is 0 Å². The van der Waals surface area contributed by atoms with Gasteiger partial charge in [0.25, 0.3) is 5.91 Å². The Balaban J connectivity index is 1.40. The van der Waals surface area contributed by atoms with Gasteiger partial charge in [0.15, 0.2) is 5.65 Å². The number of nitrogens with zero attached hydrogens (tertiary/aromatic N) is 6. The number of anilines is 2. The number of fused-ring (bicyclic) bond motifs is 1. The Hall–Kier alpha value is -4.54. The summed E-state index contributed by atoms with van der Waals surface area (Å²) in [6, 6.07) is 10.9. The molecule has 0 saturated carbocycles. The number of benzene rings is 1. The second-order valence-corrected chi connectivity index (χ2v) is 11.3. The molecule has 0 unspecified atom stereocenters. The van der Waals surface area contributed by atoms with Gasteiger partial charge in [-0.25, -0.2) is 24.4 Å². The highest BCUT2D eigenvalue weighted by atomic mass is 16.6. The monoisotopic (exact) mass is 556 g/mol. The molecule has 0 radical (unpaired) electrons. The fraction of sp³-hybridized carbons (Fsp3) is 0.400. The summed E-state index contributed by atoms with van der Waals surface area (Å²) < 4.78 is 7.44. The Bertz CT molecular complexity index is 1560. The van der Waals surface area contributed by atoms with Gasteiger partial charge >= 0.3 is 6.09 Å². The van der Waals surface area contributed by atoms with Crippen LogP contribution in [0.1, 0.15) is 68.9 Å². The number of nitrogens with one attached hydrogen (secondary N) is 1. The lowest BCUT2D eigenvalue weighted by atomic mass is 10.1. The molecule has 1 aliphatic heterocycles. The van der Waals surface area contributed by atoms with Crippen molar-refractivity contribution in [1.82, 2.24) is 29.6 Å². The zero-order chi connectivity index (χ0) is 29.1. The van der Waals surface area contributed by atoms with Crippen molar-refractivity contribution in [3.63, 3.8) is 0 Å². The van der Waals surface area contributed by atoms with Crippen LogP contribution in [0.2, 0.25) is 0 Å². The molecule has 5 rings (SSSR count). The molecule has 1 atom stereocenters. The van der Waals surface area contributed by atoms with E-state index in [1.807, 2.05) is 49.7 Å². The van der Waals surface area contributed by atoms with Gasteiger partial charge in [0.2, 0.25) is 0 Å². The van der Waals surface area contributed by atoms with Crippen molar-refractivity contribution in [3.05, 3.63) is 60.0 Å². The zero-order valence-electron chi connectivity index (χ0n) is 23.9. The number of amides is 2. The summed E-state index contributed by atoms with van der Waals surface area (Å²) in [7, 11) is 0. The maximum absolute atomic E-state index is 12.9. The lowest BCUT2D eigenvalue weighted by Gasteiger charge is -2.34. The van der Waals surface area contributed by atoms with Crippen LogP contribution in [0.5, 0.6) is 0 Å². The van der Waals surface area contributed by atoms with E-state index < -0.39 is 5.60 Å². The van der Waals surface area contributed by atoms with Crippen molar-refractivity contribution < 1.29 is 14.3 Å². The maximum atomic E-state index is 12.9. The molecule has 4 aromatic rings. The minimum absolute atomic E-state index is 0.108. The van der Waals surface area contributed by atoms with E-state index >= 15 is 0 Å². The van der Waals surface area contributed by atoms with Crippen molar-refractivity contribution in [2.24, 2.45) is 0 Å². The lowest BCUT2D eigenvalue weighted by Crippen LogP contribution is -2.43. The van der Waals surface area contributed by atoms with Gasteiger partial charge in [0.1, 0.15) is 29.3 Å². The molecule has 1 fully saturated rings. The van der Waals surface area contributed by atoms with Crippen molar-refractivity contribution in [2.75, 3.05) is 24.1 Å². The number of aromatic nitrogens is 5. The molecular weight excluding hydrogens is 520 g/mol. The van der Waals surface area contributed by atoms with Gasteiger partial charge in [0.05, 0.1) is 11.4 Å². The molecule has 1 aromatic carbocycles. The first kappa shape index (κ1) is 28.0. The molecule has 4 heterocycles. The first-order valence-corrected chi connectivity index (χ1v) is 14.0. The summed E-state index contributed by atoms with van der Waals surface area (Å²) in [5, 5.41) is 8.44. The van der Waals surface area contributed by atoms with Gasteiger partial charge in [-0.05, 0) is 69.9 Å². The number of ether oxygens (including phenoxy) is 1. The largest absolute Gasteiger partial charge is 0.444 e. The highest BCUT2D eigenvalue weighted by Crippen LogP contribution is 2.34. The standard InChI is InChI=1S/C30H36N8O3/c1-5-7-19-13-14-32-23(16-19)35-28(39)21-11-9-20(10-12-21)25-24-26(31)33-18-34-27(24)38(36-25)22-8-6-15-37(17-22)29(40)41-30(2,3)4/h9-14,16,18,22H,5-8,15,17H2,1-4H3,(H2,31,33,34)(H,32,35,39)/t22-/m1/s1. The molecule has 1 saturated heterocycles. The van der Waals surface area contributed by atoms with Crippen LogP contribution >= 0.6 is 0 Å². The number of rotatable bonds is 6. The van der Waals surface area contributed by atoms with E-state index in [2.05, 4.69) is 27.2 Å². The minimum atomic E-state index is -0.573. The molecule has 0 aliphatic carbocycles. The number of likely N-dealkylation sites (tertiary alicyclic amines) is 1. The number of piperidine rings is 1. The molecule has 1 aliphatic rings. The third-order valence-corrected chi connectivity index (χ3v) is 6.94. The van der Waals surface area contributed by atoms with Gasteiger partial charge in [-0.3, -0.25) is 4.79 Å². The average Bonchev–Trinajstić information content (AvgIpc) is 3.34. The molecule has 3 N–H and O–H groups in total. The van der Waals surface area contributed by atoms with E-state index in [4.69, 9.17) is 15.6 Å². The SMILES string of the molecule is CCCc1ccnc(NC(=O)c2ccc(-c3nn([C@@H]4CCCN(C(=O)OC(C)(C)C)C4)c4ncnc(N)c34)cc2)c1. The quantitative estimate of drug-likeness (QED) is 0.328. The first-order chi connectivity index (χ1) is 19.6. The second kappa shape index (κ2) is 11.5. The topological polar surface area (TPSA) is 141 Å². The molecule has 3 aromatic heterocycles. The summed E-state index contributed by atoms with van der Waals surface area (Å²) in [6.45, 7) is 8.75. The predicted molar refractivity (Wildman–Crippen MR) is 157 cm³/mol. The van der Waals surface area contributed by atoms with E-state index in [0.29, 0.717) is 47.0 Å². The van der Waals surface area contributed by atoms with Crippen LogP contribution in [-0.4, -0.2) is 60.3 Å². The summed E-state index contributed by atoms with van der Waals surface area (Å²) in [4.78, 5) is 40.4. The number of carbonyl (C=O) groups is 2. The summed E-state index contributed by atoms with van der Waals surface area (Å²) in [5.41, 5.74) is 9.36. The van der Waals surface area contributed by atoms with Crippen LogP contribution < -0.4 is 11.1 Å². The maximum Gasteiger partial charge on any atom is 0.410 e. The fourth-order valence-corrected chi connectivity index (χ4v) is 5.05. The van der Waals surface area contributed by atoms with E-state index in [1.165, 1.54) is 6.33 Å². The Kier molecular flexibility index (Phi) is 7.87. The summed E-state index contributed by atoms with van der Waals surface area (Å²) in [6.07, 6.45) is 6.36. The third kappa shape index (κ3) is 6.29. The average molecular weight is 557 g/mol. The van der Waals surface area contributed by atoms with E-state index in [9.17, 15) is 9.59 Å². The summed E-state index contributed by atoms with van der Waals surface area (Å²) >= 11 is 0. The van der Waals surface area contributed by atoms with Crippen LogP contribution in [0.3, 0.4) is 0 Å². The number of carbonyl (C=O) groups excluding carboxylic acids is 2. The van der Waals surface area contributed by atoms with Crippen molar-refractivity contribution in [2.45, 2.75) is 65.0 Å². The second-order valence-electron chi connectivity index (χ2n) is 11.3. The van der Waals surface area contributed by atoms with Crippen LogP contribution in [0, 0.1) is 0 Å². The number of nitrogens with two attached hydrogens (primary N) is 1. The van der Waals surface area contributed by atoms with Gasteiger partial charge in [-0.2, -0.15) is 5.10 Å². The molecule has 0 bridgehead atoms. The molecule has 214 valence electrons. The van der Waals surface area contributed by atoms with E-state index in [-0.39, 0.29) is 18.0 Å². The summed E-state index contributed by atoms with van der Waals surface area (Å²) in [5.74, 6) is 0.587. The number of hydrogen-bond acceptors (Lipinski definition) is 8. The fourth-order valence-electron chi connectivity index (χ4n) is 5.05. The molecular formula is C30H36N8O3.